The van der Waals surface area contributed by atoms with Gasteiger partial charge in [0.2, 0.25) is 11.8 Å². The molecule has 0 bridgehead atoms. The maximum absolute atomic E-state index is 12.8. The lowest BCUT2D eigenvalue weighted by Crippen LogP contribution is -2.52. The van der Waals surface area contributed by atoms with Crippen molar-refractivity contribution in [2.45, 2.75) is 65.3 Å². The normalized spacial score (nSPS) is 19.4. The van der Waals surface area contributed by atoms with Gasteiger partial charge in [0.15, 0.2) is 0 Å². The van der Waals surface area contributed by atoms with Gasteiger partial charge in [0.25, 0.3) is 5.91 Å². The maximum atomic E-state index is 12.8. The van der Waals surface area contributed by atoms with Crippen LogP contribution in [0.25, 0.3) is 0 Å². The molecule has 1 fully saturated rings. The second-order valence-electron chi connectivity index (χ2n) is 8.19. The number of amides is 4. The van der Waals surface area contributed by atoms with Crippen LogP contribution in [0.1, 0.15) is 60.7 Å². The van der Waals surface area contributed by atoms with Crippen LogP contribution in [0.15, 0.2) is 12.1 Å². The van der Waals surface area contributed by atoms with Gasteiger partial charge in [0.1, 0.15) is 11.6 Å². The molecule has 2 aliphatic heterocycles. The zero-order chi connectivity index (χ0) is 20.6. The van der Waals surface area contributed by atoms with Gasteiger partial charge in [-0.2, -0.15) is 0 Å². The molecule has 2 aliphatic rings. The number of nitrogens with one attached hydrogen (secondary N) is 2. The van der Waals surface area contributed by atoms with Crippen LogP contribution in [0.3, 0.4) is 0 Å². The average molecular weight is 387 g/mol. The number of carbonyl (C=O) groups excluding carboxylic acids is 4. The molecule has 1 saturated heterocycles. The van der Waals surface area contributed by atoms with E-state index < -0.39 is 23.6 Å². The standard InChI is InChI=1S/C20H25N3O5/c1-11-7-14-13(8-12(11)9-21-19(27)28-20(2,3)4)10-23(18(14)26)15-5-6-16(24)22-17(15)25/h7-8,15H,5-6,9-10H2,1-4H3,(H,21,27)(H,22,24,25). The molecule has 28 heavy (non-hydrogen) atoms. The highest BCUT2D eigenvalue weighted by atomic mass is 16.6. The summed E-state index contributed by atoms with van der Waals surface area (Å²) >= 11 is 0. The number of aryl methyl sites for hydroxylation is 1. The number of alkyl carbamates (subject to hydrolysis) is 1. The average Bonchev–Trinajstić information content (AvgIpc) is 2.87. The number of nitrogens with zero attached hydrogens (tertiary/aromatic N) is 1. The highest BCUT2D eigenvalue weighted by Gasteiger charge is 2.39. The summed E-state index contributed by atoms with van der Waals surface area (Å²) in [6.45, 7) is 7.84. The van der Waals surface area contributed by atoms with Crippen molar-refractivity contribution in [3.63, 3.8) is 0 Å². The number of piperidine rings is 1. The number of ether oxygens (including phenoxy) is 1. The van der Waals surface area contributed by atoms with Crippen LogP contribution < -0.4 is 10.6 Å². The smallest absolute Gasteiger partial charge is 0.407 e. The van der Waals surface area contributed by atoms with Gasteiger partial charge in [-0.25, -0.2) is 4.79 Å². The molecule has 3 rings (SSSR count). The number of rotatable bonds is 3. The minimum absolute atomic E-state index is 0.209. The molecule has 4 amide bonds. The zero-order valence-corrected chi connectivity index (χ0v) is 16.5. The van der Waals surface area contributed by atoms with Crippen molar-refractivity contribution in [3.05, 3.63) is 34.4 Å². The second-order valence-corrected chi connectivity index (χ2v) is 8.19. The fourth-order valence-corrected chi connectivity index (χ4v) is 3.45. The first-order valence-corrected chi connectivity index (χ1v) is 9.29. The fraction of sp³-hybridized carbons (Fsp3) is 0.500. The van der Waals surface area contributed by atoms with E-state index in [9.17, 15) is 19.2 Å². The van der Waals surface area contributed by atoms with Gasteiger partial charge in [0.05, 0.1) is 0 Å². The van der Waals surface area contributed by atoms with Gasteiger partial charge in [-0.05, 0) is 56.9 Å². The Bertz CT molecular complexity index is 856. The summed E-state index contributed by atoms with van der Waals surface area (Å²) in [6.07, 6.45) is 0.0467. The Kier molecular flexibility index (Phi) is 5.14. The Morgan fingerprint density at radius 2 is 2.00 bits per heavy atom. The number of carbonyl (C=O) groups is 4. The molecule has 0 spiro atoms. The molecule has 1 atom stereocenters. The van der Waals surface area contributed by atoms with Crippen LogP contribution in [0.2, 0.25) is 0 Å². The molecule has 2 N–H and O–H groups in total. The summed E-state index contributed by atoms with van der Waals surface area (Å²) in [5, 5.41) is 5.02. The first kappa shape index (κ1) is 19.9. The lowest BCUT2D eigenvalue weighted by atomic mass is 10.0. The molecule has 2 heterocycles. The van der Waals surface area contributed by atoms with Crippen LogP contribution in [0.5, 0.6) is 0 Å². The van der Waals surface area contributed by atoms with E-state index in [1.807, 2.05) is 13.0 Å². The van der Waals surface area contributed by atoms with Crippen molar-refractivity contribution in [1.82, 2.24) is 15.5 Å². The Labute approximate surface area is 163 Å². The number of benzene rings is 1. The van der Waals surface area contributed by atoms with Crippen molar-refractivity contribution in [2.75, 3.05) is 0 Å². The van der Waals surface area contributed by atoms with E-state index in [0.717, 1.165) is 16.7 Å². The minimum Gasteiger partial charge on any atom is -0.444 e. The molecule has 150 valence electrons. The Morgan fingerprint density at radius 3 is 2.64 bits per heavy atom. The van der Waals surface area contributed by atoms with Crippen LogP contribution >= 0.6 is 0 Å². The maximum Gasteiger partial charge on any atom is 0.407 e. The molecule has 8 heteroatoms. The molecule has 0 saturated carbocycles. The lowest BCUT2D eigenvalue weighted by molar-refractivity contribution is -0.136. The number of hydrogen-bond donors (Lipinski definition) is 2. The first-order chi connectivity index (χ1) is 13.0. The van der Waals surface area contributed by atoms with E-state index in [1.54, 1.807) is 26.8 Å². The van der Waals surface area contributed by atoms with Crippen LogP contribution in [0, 0.1) is 6.92 Å². The lowest BCUT2D eigenvalue weighted by Gasteiger charge is -2.29. The predicted molar refractivity (Wildman–Crippen MR) is 100 cm³/mol. The van der Waals surface area contributed by atoms with Crippen LogP contribution in [0.4, 0.5) is 4.79 Å². The first-order valence-electron chi connectivity index (χ1n) is 9.29. The molecule has 0 aliphatic carbocycles. The third-order valence-electron chi connectivity index (χ3n) is 4.80. The predicted octanol–water partition coefficient (Wildman–Crippen LogP) is 1.78. The van der Waals surface area contributed by atoms with E-state index >= 15 is 0 Å². The van der Waals surface area contributed by atoms with Crippen molar-refractivity contribution in [1.29, 1.82) is 0 Å². The van der Waals surface area contributed by atoms with Gasteiger partial charge in [-0.1, -0.05) is 6.07 Å². The number of imide groups is 1. The largest absolute Gasteiger partial charge is 0.444 e. The fourth-order valence-electron chi connectivity index (χ4n) is 3.45. The van der Waals surface area contributed by atoms with Gasteiger partial charge in [-0.3, -0.25) is 19.7 Å². The quantitative estimate of drug-likeness (QED) is 0.770. The Morgan fingerprint density at radius 1 is 1.29 bits per heavy atom. The Hall–Kier alpha value is -2.90. The number of fused-ring (bicyclic) bond motifs is 1. The molecule has 1 aromatic rings. The zero-order valence-electron chi connectivity index (χ0n) is 16.5. The summed E-state index contributed by atoms with van der Waals surface area (Å²) < 4.78 is 5.24. The third-order valence-corrected chi connectivity index (χ3v) is 4.80. The molecule has 1 aromatic carbocycles. The van der Waals surface area contributed by atoms with Crippen LogP contribution in [-0.2, 0) is 27.4 Å². The van der Waals surface area contributed by atoms with E-state index in [-0.39, 0.29) is 24.8 Å². The minimum atomic E-state index is -0.638. The van der Waals surface area contributed by atoms with Crippen molar-refractivity contribution < 1.29 is 23.9 Å². The van der Waals surface area contributed by atoms with E-state index in [1.165, 1.54) is 4.90 Å². The summed E-state index contributed by atoms with van der Waals surface area (Å²) in [4.78, 5) is 49.7. The summed E-state index contributed by atoms with van der Waals surface area (Å²) in [5.74, 6) is -0.947. The van der Waals surface area contributed by atoms with Gasteiger partial charge in [0, 0.05) is 25.1 Å². The van der Waals surface area contributed by atoms with Crippen LogP contribution in [-0.4, -0.2) is 40.4 Å². The van der Waals surface area contributed by atoms with Crippen molar-refractivity contribution in [3.8, 4) is 0 Å². The van der Waals surface area contributed by atoms with Gasteiger partial charge >= 0.3 is 6.09 Å². The molecule has 0 radical (unpaired) electrons. The van der Waals surface area contributed by atoms with Crippen molar-refractivity contribution >= 4 is 23.8 Å². The van der Waals surface area contributed by atoms with Gasteiger partial charge < -0.3 is 15.0 Å². The topological polar surface area (TPSA) is 105 Å². The molecular formula is C20H25N3O5. The van der Waals surface area contributed by atoms with Gasteiger partial charge in [-0.15, -0.1) is 0 Å². The molecular weight excluding hydrogens is 362 g/mol. The highest BCUT2D eigenvalue weighted by Crippen LogP contribution is 2.29. The third kappa shape index (κ3) is 4.16. The molecule has 1 unspecified atom stereocenters. The van der Waals surface area contributed by atoms with E-state index in [4.69, 9.17) is 4.74 Å². The SMILES string of the molecule is Cc1cc2c(cc1CNC(=O)OC(C)(C)C)CN(C1CCC(=O)NC1=O)C2=O. The summed E-state index contributed by atoms with van der Waals surface area (Å²) in [5.41, 5.74) is 2.53. The molecule has 0 aromatic heterocycles. The summed E-state index contributed by atoms with van der Waals surface area (Å²) in [7, 11) is 0. The Balaban J connectivity index is 1.72. The van der Waals surface area contributed by atoms with Crippen molar-refractivity contribution in [2.24, 2.45) is 0 Å². The molecule has 8 nitrogen and oxygen atoms in total. The number of hydrogen-bond acceptors (Lipinski definition) is 5. The second kappa shape index (κ2) is 7.26. The monoisotopic (exact) mass is 387 g/mol. The van der Waals surface area contributed by atoms with E-state index in [0.29, 0.717) is 18.5 Å². The highest BCUT2D eigenvalue weighted by molar-refractivity contribution is 6.05. The summed E-state index contributed by atoms with van der Waals surface area (Å²) in [6, 6.07) is 3.03. The van der Waals surface area contributed by atoms with E-state index in [2.05, 4.69) is 10.6 Å².